The van der Waals surface area contributed by atoms with Gasteiger partial charge in [-0.3, -0.25) is 9.69 Å². The first-order valence-corrected chi connectivity index (χ1v) is 8.02. The zero-order valence-electron chi connectivity index (χ0n) is 13.3. The number of fused-ring (bicyclic) bond motifs is 1. The Labute approximate surface area is 135 Å². The van der Waals surface area contributed by atoms with Gasteiger partial charge in [-0.1, -0.05) is 25.1 Å². The smallest absolute Gasteiger partial charge is 0.255 e. The lowest BCUT2D eigenvalue weighted by molar-refractivity contribution is 0.241. The molecule has 0 unspecified atom stereocenters. The highest BCUT2D eigenvalue weighted by atomic mass is 16.1. The van der Waals surface area contributed by atoms with E-state index in [0.717, 1.165) is 48.5 Å². The van der Waals surface area contributed by atoms with E-state index in [4.69, 9.17) is 0 Å². The van der Waals surface area contributed by atoms with Gasteiger partial charge in [-0.2, -0.15) is 5.26 Å². The van der Waals surface area contributed by atoms with Gasteiger partial charge in [-0.25, -0.2) is 4.98 Å². The molecule has 1 aliphatic rings. The standard InChI is InChI=1S/C18H20N4O/c1-2-5-17-20-16-8-9-22(12-15(16)18(23)21-17)11-14-7-4-3-6-13(14)10-19/h3-4,6-7H,2,5,8-9,11-12H2,1H3,(H,20,21,23). The van der Waals surface area contributed by atoms with Gasteiger partial charge >= 0.3 is 0 Å². The average Bonchev–Trinajstić information content (AvgIpc) is 2.56. The third-order valence-electron chi connectivity index (χ3n) is 4.22. The summed E-state index contributed by atoms with van der Waals surface area (Å²) >= 11 is 0. The molecule has 0 aliphatic carbocycles. The number of aromatic amines is 1. The fourth-order valence-electron chi connectivity index (χ4n) is 3.03. The summed E-state index contributed by atoms with van der Waals surface area (Å²) in [5.74, 6) is 0.791. The second-order valence-corrected chi connectivity index (χ2v) is 5.92. The van der Waals surface area contributed by atoms with Crippen molar-refractivity contribution in [1.29, 1.82) is 5.26 Å². The van der Waals surface area contributed by atoms with E-state index >= 15 is 0 Å². The van der Waals surface area contributed by atoms with Gasteiger partial charge in [-0.05, 0) is 18.1 Å². The van der Waals surface area contributed by atoms with Gasteiger partial charge in [-0.15, -0.1) is 0 Å². The monoisotopic (exact) mass is 308 g/mol. The van der Waals surface area contributed by atoms with Crippen LogP contribution >= 0.6 is 0 Å². The molecule has 5 heteroatoms. The van der Waals surface area contributed by atoms with Gasteiger partial charge in [0.2, 0.25) is 0 Å². The molecule has 0 bridgehead atoms. The van der Waals surface area contributed by atoms with E-state index in [1.807, 2.05) is 24.3 Å². The Morgan fingerprint density at radius 1 is 1.39 bits per heavy atom. The minimum atomic E-state index is -0.0169. The van der Waals surface area contributed by atoms with E-state index in [2.05, 4.69) is 27.9 Å². The molecule has 23 heavy (non-hydrogen) atoms. The highest BCUT2D eigenvalue weighted by Crippen LogP contribution is 2.18. The highest BCUT2D eigenvalue weighted by molar-refractivity contribution is 5.37. The predicted octanol–water partition coefficient (Wildman–Crippen LogP) is 2.15. The lowest BCUT2D eigenvalue weighted by Crippen LogP contribution is -2.36. The third-order valence-corrected chi connectivity index (χ3v) is 4.22. The number of H-pyrrole nitrogens is 1. The van der Waals surface area contributed by atoms with Crippen molar-refractivity contribution in [2.24, 2.45) is 0 Å². The van der Waals surface area contributed by atoms with Crippen LogP contribution < -0.4 is 5.56 Å². The van der Waals surface area contributed by atoms with Crippen LogP contribution in [0.1, 0.15) is 41.6 Å². The maximum atomic E-state index is 12.3. The quantitative estimate of drug-likeness (QED) is 0.939. The largest absolute Gasteiger partial charge is 0.310 e. The molecule has 0 fully saturated rings. The summed E-state index contributed by atoms with van der Waals surface area (Å²) in [7, 11) is 0. The second-order valence-electron chi connectivity index (χ2n) is 5.92. The minimum Gasteiger partial charge on any atom is -0.310 e. The Balaban J connectivity index is 1.81. The molecule has 0 saturated carbocycles. The number of nitrogens with one attached hydrogen (secondary N) is 1. The summed E-state index contributed by atoms with van der Waals surface area (Å²) in [6, 6.07) is 9.85. The van der Waals surface area contributed by atoms with Crippen molar-refractivity contribution in [3.8, 4) is 6.07 Å². The third kappa shape index (κ3) is 3.33. The van der Waals surface area contributed by atoms with Crippen LogP contribution in [-0.4, -0.2) is 21.4 Å². The van der Waals surface area contributed by atoms with E-state index in [-0.39, 0.29) is 5.56 Å². The number of nitrogens with zero attached hydrogens (tertiary/aromatic N) is 3. The molecule has 0 amide bonds. The van der Waals surface area contributed by atoms with Crippen molar-refractivity contribution < 1.29 is 0 Å². The number of aromatic nitrogens is 2. The van der Waals surface area contributed by atoms with Crippen molar-refractivity contribution in [3.63, 3.8) is 0 Å². The van der Waals surface area contributed by atoms with E-state index in [0.29, 0.717) is 18.7 Å². The number of nitriles is 1. The first kappa shape index (κ1) is 15.4. The molecule has 1 aromatic carbocycles. The number of hydrogen-bond donors (Lipinski definition) is 1. The summed E-state index contributed by atoms with van der Waals surface area (Å²) in [5, 5.41) is 9.20. The van der Waals surface area contributed by atoms with Gasteiger partial charge in [0.1, 0.15) is 5.82 Å². The van der Waals surface area contributed by atoms with E-state index in [1.54, 1.807) is 0 Å². The molecule has 1 aromatic heterocycles. The molecular formula is C18H20N4O. The lowest BCUT2D eigenvalue weighted by atomic mass is 10.0. The van der Waals surface area contributed by atoms with Crippen molar-refractivity contribution in [2.75, 3.05) is 6.54 Å². The second kappa shape index (κ2) is 6.76. The molecule has 0 atom stereocenters. The molecular weight excluding hydrogens is 288 g/mol. The summed E-state index contributed by atoms with van der Waals surface area (Å²) in [4.78, 5) is 22.0. The van der Waals surface area contributed by atoms with Crippen molar-refractivity contribution in [2.45, 2.75) is 39.3 Å². The van der Waals surface area contributed by atoms with Crippen LogP contribution in [0.25, 0.3) is 0 Å². The Morgan fingerprint density at radius 2 is 2.22 bits per heavy atom. The Hall–Kier alpha value is -2.45. The average molecular weight is 308 g/mol. The molecule has 118 valence electrons. The van der Waals surface area contributed by atoms with Gasteiger partial charge in [0.15, 0.2) is 0 Å². The van der Waals surface area contributed by atoms with Gasteiger partial charge < -0.3 is 4.98 Å². The predicted molar refractivity (Wildman–Crippen MR) is 87.8 cm³/mol. The molecule has 0 saturated heterocycles. The molecule has 0 spiro atoms. The summed E-state index contributed by atoms with van der Waals surface area (Å²) in [6.45, 7) is 4.20. The van der Waals surface area contributed by atoms with Crippen molar-refractivity contribution in [1.82, 2.24) is 14.9 Å². The fourth-order valence-corrected chi connectivity index (χ4v) is 3.03. The molecule has 5 nitrogen and oxygen atoms in total. The van der Waals surface area contributed by atoms with Crippen LogP contribution in [0, 0.1) is 11.3 Å². The lowest BCUT2D eigenvalue weighted by Gasteiger charge is -2.28. The van der Waals surface area contributed by atoms with Crippen LogP contribution in [0.4, 0.5) is 0 Å². The number of hydrogen-bond acceptors (Lipinski definition) is 4. The zero-order valence-corrected chi connectivity index (χ0v) is 13.3. The molecule has 1 N–H and O–H groups in total. The van der Waals surface area contributed by atoms with Gasteiger partial charge in [0, 0.05) is 32.5 Å². The van der Waals surface area contributed by atoms with Crippen LogP contribution in [0.2, 0.25) is 0 Å². The topological polar surface area (TPSA) is 72.8 Å². The zero-order chi connectivity index (χ0) is 16.2. The molecule has 2 aromatic rings. The first-order valence-electron chi connectivity index (χ1n) is 8.02. The molecule has 1 aliphatic heterocycles. The molecule has 2 heterocycles. The van der Waals surface area contributed by atoms with Gasteiger partial charge in [0.25, 0.3) is 5.56 Å². The summed E-state index contributed by atoms with van der Waals surface area (Å²) in [5.41, 5.74) is 3.39. The summed E-state index contributed by atoms with van der Waals surface area (Å²) in [6.07, 6.45) is 2.56. The SMILES string of the molecule is CCCc1nc2c(c(=O)[nH]1)CN(Cc1ccccc1C#N)CC2. The number of aryl methyl sites for hydroxylation is 1. The van der Waals surface area contributed by atoms with E-state index in [1.165, 1.54) is 0 Å². The van der Waals surface area contributed by atoms with Crippen LogP contribution in [-0.2, 0) is 25.9 Å². The maximum absolute atomic E-state index is 12.3. The van der Waals surface area contributed by atoms with Crippen molar-refractivity contribution in [3.05, 3.63) is 62.8 Å². The van der Waals surface area contributed by atoms with E-state index in [9.17, 15) is 10.1 Å². The fraction of sp³-hybridized carbons (Fsp3) is 0.389. The maximum Gasteiger partial charge on any atom is 0.255 e. The number of benzene rings is 1. The Kier molecular flexibility index (Phi) is 4.54. The number of rotatable bonds is 4. The van der Waals surface area contributed by atoms with E-state index < -0.39 is 0 Å². The highest BCUT2D eigenvalue weighted by Gasteiger charge is 2.21. The van der Waals surface area contributed by atoms with Crippen LogP contribution in [0.15, 0.2) is 29.1 Å². The molecule has 3 rings (SSSR count). The first-order chi connectivity index (χ1) is 11.2. The van der Waals surface area contributed by atoms with Gasteiger partial charge in [0.05, 0.1) is 22.9 Å². The van der Waals surface area contributed by atoms with Crippen LogP contribution in [0.5, 0.6) is 0 Å². The van der Waals surface area contributed by atoms with Crippen LogP contribution in [0.3, 0.4) is 0 Å². The Morgan fingerprint density at radius 3 is 3.00 bits per heavy atom. The normalized spacial score (nSPS) is 14.3. The van der Waals surface area contributed by atoms with Crippen molar-refractivity contribution >= 4 is 0 Å². The molecule has 0 radical (unpaired) electrons. The minimum absolute atomic E-state index is 0.0169. The summed E-state index contributed by atoms with van der Waals surface area (Å²) < 4.78 is 0. The Bertz CT molecular complexity index is 803.